The quantitative estimate of drug-likeness (QED) is 0.703. The van der Waals surface area contributed by atoms with Gasteiger partial charge in [0.15, 0.2) is 5.69 Å². The van der Waals surface area contributed by atoms with Crippen LogP contribution in [-0.4, -0.2) is 43.8 Å². The highest BCUT2D eigenvalue weighted by Gasteiger charge is 2.19. The Labute approximate surface area is 161 Å². The largest absolute Gasteiger partial charge is 0.317 e. The van der Waals surface area contributed by atoms with Crippen LogP contribution in [-0.2, 0) is 6.54 Å². The highest BCUT2D eigenvalue weighted by Crippen LogP contribution is 2.18. The minimum atomic E-state index is -0.298. The molecular weight excluding hydrogens is 366 g/mol. The van der Waals surface area contributed by atoms with E-state index in [1.165, 1.54) is 0 Å². The van der Waals surface area contributed by atoms with Crippen molar-refractivity contribution in [1.29, 1.82) is 0 Å². The average molecular weight is 386 g/mol. The molecule has 140 valence electrons. The average Bonchev–Trinajstić information content (AvgIpc) is 3.34. The van der Waals surface area contributed by atoms with Gasteiger partial charge < -0.3 is 10.6 Å². The molecule has 27 heavy (non-hydrogen) atoms. The van der Waals surface area contributed by atoms with E-state index in [0.717, 1.165) is 31.5 Å². The van der Waals surface area contributed by atoms with Gasteiger partial charge in [-0.15, -0.1) is 5.10 Å². The third-order valence-electron chi connectivity index (χ3n) is 4.63. The summed E-state index contributed by atoms with van der Waals surface area (Å²) >= 11 is 5.92. The monoisotopic (exact) mass is 385 g/mol. The van der Waals surface area contributed by atoms with Crippen molar-refractivity contribution in [3.8, 4) is 0 Å². The minimum absolute atomic E-state index is 0.288. The highest BCUT2D eigenvalue weighted by molar-refractivity contribution is 6.30. The molecule has 3 aromatic rings. The number of piperidine rings is 1. The fourth-order valence-corrected chi connectivity index (χ4v) is 3.26. The van der Waals surface area contributed by atoms with Crippen LogP contribution >= 0.6 is 11.6 Å². The third-order valence-corrected chi connectivity index (χ3v) is 4.88. The van der Waals surface area contributed by atoms with Crippen molar-refractivity contribution in [3.05, 3.63) is 59.0 Å². The molecule has 2 aromatic heterocycles. The maximum absolute atomic E-state index is 12.6. The molecule has 0 radical (unpaired) electrons. The maximum Gasteiger partial charge on any atom is 0.278 e. The molecule has 1 aliphatic rings. The zero-order valence-corrected chi connectivity index (χ0v) is 15.4. The second-order valence-electron chi connectivity index (χ2n) is 6.52. The lowest BCUT2D eigenvalue weighted by atomic mass is 10.1. The first-order chi connectivity index (χ1) is 13.2. The standard InChI is InChI=1S/C18H20ClN7O/c19-14-3-1-13(2-4-14)11-26-17(7-10-21-26)22-18(27)16-12-25(24-23-16)15-5-8-20-9-6-15/h1-4,7,10,12,15,20H,5-6,8-9,11H2,(H,22,27). The van der Waals surface area contributed by atoms with E-state index in [4.69, 9.17) is 11.6 Å². The molecule has 3 heterocycles. The Morgan fingerprint density at radius 1 is 1.22 bits per heavy atom. The van der Waals surface area contributed by atoms with Crippen molar-refractivity contribution in [2.24, 2.45) is 0 Å². The topological polar surface area (TPSA) is 89.7 Å². The Balaban J connectivity index is 1.43. The van der Waals surface area contributed by atoms with E-state index in [-0.39, 0.29) is 11.9 Å². The molecule has 0 aliphatic carbocycles. The minimum Gasteiger partial charge on any atom is -0.317 e. The molecule has 1 saturated heterocycles. The van der Waals surface area contributed by atoms with Crippen molar-refractivity contribution in [1.82, 2.24) is 30.1 Å². The van der Waals surface area contributed by atoms with Crippen LogP contribution in [0.4, 0.5) is 5.82 Å². The molecule has 4 rings (SSSR count). The van der Waals surface area contributed by atoms with E-state index >= 15 is 0 Å². The summed E-state index contributed by atoms with van der Waals surface area (Å²) in [6.45, 7) is 2.44. The Hall–Kier alpha value is -2.71. The molecule has 1 aliphatic heterocycles. The van der Waals surface area contributed by atoms with Gasteiger partial charge in [-0.25, -0.2) is 9.36 Å². The fraction of sp³-hybridized carbons (Fsp3) is 0.333. The second-order valence-corrected chi connectivity index (χ2v) is 6.96. The summed E-state index contributed by atoms with van der Waals surface area (Å²) < 4.78 is 3.51. The smallest absolute Gasteiger partial charge is 0.278 e. The van der Waals surface area contributed by atoms with E-state index in [9.17, 15) is 4.79 Å². The van der Waals surface area contributed by atoms with Crippen LogP contribution in [0.5, 0.6) is 0 Å². The normalized spacial score (nSPS) is 15.0. The van der Waals surface area contributed by atoms with Gasteiger partial charge in [0, 0.05) is 11.1 Å². The molecule has 0 unspecified atom stereocenters. The predicted molar refractivity (Wildman–Crippen MR) is 102 cm³/mol. The van der Waals surface area contributed by atoms with Crippen LogP contribution in [0.3, 0.4) is 0 Å². The number of aromatic nitrogens is 5. The van der Waals surface area contributed by atoms with Crippen LogP contribution in [0.15, 0.2) is 42.7 Å². The van der Waals surface area contributed by atoms with Crippen LogP contribution in [0.2, 0.25) is 5.02 Å². The van der Waals surface area contributed by atoms with Crippen molar-refractivity contribution in [2.75, 3.05) is 18.4 Å². The number of nitrogens with one attached hydrogen (secondary N) is 2. The Morgan fingerprint density at radius 2 is 2.00 bits per heavy atom. The number of carbonyl (C=O) groups excluding carboxylic acids is 1. The number of rotatable bonds is 5. The molecule has 0 saturated carbocycles. The van der Waals surface area contributed by atoms with Gasteiger partial charge in [0.05, 0.1) is 25.0 Å². The maximum atomic E-state index is 12.6. The van der Waals surface area contributed by atoms with Gasteiger partial charge in [0.2, 0.25) is 0 Å². The van der Waals surface area contributed by atoms with Gasteiger partial charge in [-0.2, -0.15) is 5.10 Å². The van der Waals surface area contributed by atoms with Crippen LogP contribution in [0.1, 0.15) is 34.9 Å². The summed E-state index contributed by atoms with van der Waals surface area (Å²) in [6.07, 6.45) is 5.33. The van der Waals surface area contributed by atoms with E-state index in [1.807, 2.05) is 24.3 Å². The molecule has 1 amide bonds. The lowest BCUT2D eigenvalue weighted by Crippen LogP contribution is -2.29. The lowest BCUT2D eigenvalue weighted by Gasteiger charge is -2.22. The molecule has 2 N–H and O–H groups in total. The highest BCUT2D eigenvalue weighted by atomic mass is 35.5. The summed E-state index contributed by atoms with van der Waals surface area (Å²) in [5.74, 6) is 0.305. The van der Waals surface area contributed by atoms with Crippen LogP contribution in [0, 0.1) is 0 Å². The van der Waals surface area contributed by atoms with Gasteiger partial charge >= 0.3 is 0 Å². The van der Waals surface area contributed by atoms with Crippen LogP contribution in [0.25, 0.3) is 0 Å². The molecule has 8 nitrogen and oxygen atoms in total. The number of amides is 1. The van der Waals surface area contributed by atoms with Crippen molar-refractivity contribution in [3.63, 3.8) is 0 Å². The van der Waals surface area contributed by atoms with Gasteiger partial charge in [0.1, 0.15) is 5.82 Å². The first kappa shape index (κ1) is 17.7. The third kappa shape index (κ3) is 4.17. The summed E-state index contributed by atoms with van der Waals surface area (Å²) in [5.41, 5.74) is 1.34. The van der Waals surface area contributed by atoms with Crippen molar-refractivity contribution >= 4 is 23.3 Å². The zero-order chi connectivity index (χ0) is 18.6. The van der Waals surface area contributed by atoms with E-state index < -0.39 is 0 Å². The number of carbonyl (C=O) groups is 1. The number of halogens is 1. The number of hydrogen-bond donors (Lipinski definition) is 2. The first-order valence-corrected chi connectivity index (χ1v) is 9.27. The molecule has 1 aromatic carbocycles. The summed E-state index contributed by atoms with van der Waals surface area (Å²) in [6, 6.07) is 9.57. The predicted octanol–water partition coefficient (Wildman–Crippen LogP) is 2.35. The van der Waals surface area contributed by atoms with E-state index in [1.54, 1.807) is 27.8 Å². The zero-order valence-electron chi connectivity index (χ0n) is 14.7. The SMILES string of the molecule is O=C(Nc1ccnn1Cc1ccc(Cl)cc1)c1cn(C2CCNCC2)nn1. The van der Waals surface area contributed by atoms with Gasteiger partial charge in [-0.1, -0.05) is 28.9 Å². The molecule has 9 heteroatoms. The van der Waals surface area contributed by atoms with E-state index in [2.05, 4.69) is 26.0 Å². The van der Waals surface area contributed by atoms with Crippen molar-refractivity contribution in [2.45, 2.75) is 25.4 Å². The van der Waals surface area contributed by atoms with Gasteiger partial charge in [-0.05, 0) is 43.6 Å². The number of benzene rings is 1. The lowest BCUT2D eigenvalue weighted by molar-refractivity contribution is 0.102. The molecule has 0 spiro atoms. The Morgan fingerprint density at radius 3 is 2.78 bits per heavy atom. The second kappa shape index (κ2) is 7.89. The van der Waals surface area contributed by atoms with Crippen LogP contribution < -0.4 is 10.6 Å². The number of nitrogens with zero attached hydrogens (tertiary/aromatic N) is 5. The Bertz CT molecular complexity index is 912. The number of hydrogen-bond acceptors (Lipinski definition) is 5. The van der Waals surface area contributed by atoms with Crippen molar-refractivity contribution < 1.29 is 4.79 Å². The fourth-order valence-electron chi connectivity index (χ4n) is 3.14. The number of anilines is 1. The van der Waals surface area contributed by atoms with Gasteiger partial charge in [0.25, 0.3) is 5.91 Å². The molecule has 0 bridgehead atoms. The summed E-state index contributed by atoms with van der Waals surface area (Å²) in [4.78, 5) is 12.6. The molecule has 0 atom stereocenters. The molecular formula is C18H20ClN7O. The Kier molecular flexibility index (Phi) is 5.17. The van der Waals surface area contributed by atoms with Gasteiger partial charge in [-0.3, -0.25) is 4.79 Å². The summed E-state index contributed by atoms with van der Waals surface area (Å²) in [7, 11) is 0. The first-order valence-electron chi connectivity index (χ1n) is 8.89. The van der Waals surface area contributed by atoms with E-state index in [0.29, 0.717) is 23.1 Å². The molecule has 1 fully saturated rings. The summed E-state index contributed by atoms with van der Waals surface area (Å²) in [5, 5.41) is 19.3.